The zero-order valence-electron chi connectivity index (χ0n) is 13.3. The van der Waals surface area contributed by atoms with Gasteiger partial charge in [-0.25, -0.2) is 9.98 Å². The second-order valence-corrected chi connectivity index (χ2v) is 6.86. The standard InChI is InChI=1S/C17H22N4S.HI/c1-12-15(11-20-17(18)19-10-13-6-5-7-13)22-16(21-12)14-8-3-2-4-9-14;/h2-4,8-9,13H,5-7,10-11H2,1H3,(H3,18,19,20);1H. The predicted octanol–water partition coefficient (Wildman–Crippen LogP) is 3.94. The van der Waals surface area contributed by atoms with Crippen molar-refractivity contribution in [2.45, 2.75) is 32.7 Å². The zero-order valence-corrected chi connectivity index (χ0v) is 16.4. The molecule has 0 amide bonds. The first-order valence-corrected chi connectivity index (χ1v) is 8.59. The third kappa shape index (κ3) is 4.91. The maximum Gasteiger partial charge on any atom is 0.188 e. The zero-order chi connectivity index (χ0) is 15.4. The van der Waals surface area contributed by atoms with E-state index in [1.54, 1.807) is 11.3 Å². The molecule has 6 heteroatoms. The summed E-state index contributed by atoms with van der Waals surface area (Å²) in [5.41, 5.74) is 8.14. The Balaban J connectivity index is 0.00000192. The maximum absolute atomic E-state index is 5.94. The van der Waals surface area contributed by atoms with Gasteiger partial charge in [0, 0.05) is 17.0 Å². The molecule has 1 aromatic heterocycles. The van der Waals surface area contributed by atoms with Gasteiger partial charge in [-0.15, -0.1) is 35.3 Å². The summed E-state index contributed by atoms with van der Waals surface area (Å²) in [6.45, 7) is 3.58. The molecule has 0 spiro atoms. The highest BCUT2D eigenvalue weighted by molar-refractivity contribution is 14.0. The van der Waals surface area contributed by atoms with E-state index in [9.17, 15) is 0 Å². The van der Waals surface area contributed by atoms with Crippen LogP contribution >= 0.6 is 35.3 Å². The van der Waals surface area contributed by atoms with Crippen molar-refractivity contribution in [3.05, 3.63) is 40.9 Å². The number of halogens is 1. The van der Waals surface area contributed by atoms with E-state index < -0.39 is 0 Å². The number of rotatable bonds is 5. The van der Waals surface area contributed by atoms with Crippen LogP contribution < -0.4 is 11.1 Å². The normalized spacial score (nSPS) is 14.9. The SMILES string of the molecule is Cc1nc(-c2ccccc2)sc1CN=C(N)NCC1CCC1.I. The van der Waals surface area contributed by atoms with Crippen LogP contribution in [0.5, 0.6) is 0 Å². The van der Waals surface area contributed by atoms with Crippen molar-refractivity contribution in [3.8, 4) is 10.6 Å². The molecule has 0 aliphatic heterocycles. The summed E-state index contributed by atoms with van der Waals surface area (Å²) in [4.78, 5) is 10.3. The summed E-state index contributed by atoms with van der Waals surface area (Å²) in [6, 6.07) is 10.3. The molecule has 1 aromatic carbocycles. The van der Waals surface area contributed by atoms with Crippen LogP contribution in [0.1, 0.15) is 29.8 Å². The summed E-state index contributed by atoms with van der Waals surface area (Å²) in [7, 11) is 0. The fraction of sp³-hybridized carbons (Fsp3) is 0.412. The Hall–Kier alpha value is -1.15. The number of guanidine groups is 1. The minimum Gasteiger partial charge on any atom is -0.370 e. The molecule has 23 heavy (non-hydrogen) atoms. The first kappa shape index (κ1) is 18.2. The molecule has 1 fully saturated rings. The van der Waals surface area contributed by atoms with Crippen LogP contribution in [0.25, 0.3) is 10.6 Å². The van der Waals surface area contributed by atoms with Crippen LogP contribution in [-0.4, -0.2) is 17.5 Å². The predicted molar refractivity (Wildman–Crippen MR) is 108 cm³/mol. The van der Waals surface area contributed by atoms with Gasteiger partial charge in [0.15, 0.2) is 5.96 Å². The van der Waals surface area contributed by atoms with E-state index in [4.69, 9.17) is 5.73 Å². The topological polar surface area (TPSA) is 63.3 Å². The largest absolute Gasteiger partial charge is 0.370 e. The summed E-state index contributed by atoms with van der Waals surface area (Å²) in [5, 5.41) is 4.27. The van der Waals surface area contributed by atoms with Crippen LogP contribution in [0, 0.1) is 12.8 Å². The molecule has 1 heterocycles. The number of benzene rings is 1. The third-order valence-corrected chi connectivity index (χ3v) is 5.29. The van der Waals surface area contributed by atoms with Crippen molar-refractivity contribution in [1.82, 2.24) is 10.3 Å². The minimum atomic E-state index is 0. The monoisotopic (exact) mass is 442 g/mol. The van der Waals surface area contributed by atoms with Crippen LogP contribution in [0.2, 0.25) is 0 Å². The smallest absolute Gasteiger partial charge is 0.188 e. The van der Waals surface area contributed by atoms with Crippen molar-refractivity contribution in [3.63, 3.8) is 0 Å². The van der Waals surface area contributed by atoms with E-state index >= 15 is 0 Å². The molecule has 3 N–H and O–H groups in total. The quantitative estimate of drug-likeness (QED) is 0.419. The number of thiazole rings is 1. The molecule has 2 aromatic rings. The number of aryl methyl sites for hydroxylation is 1. The Morgan fingerprint density at radius 2 is 2.09 bits per heavy atom. The van der Waals surface area contributed by atoms with Crippen LogP contribution in [-0.2, 0) is 6.54 Å². The van der Waals surface area contributed by atoms with E-state index in [2.05, 4.69) is 27.4 Å². The first-order chi connectivity index (χ1) is 10.7. The lowest BCUT2D eigenvalue weighted by Gasteiger charge is -2.25. The van der Waals surface area contributed by atoms with Crippen molar-refractivity contribution in [1.29, 1.82) is 0 Å². The number of nitrogens with two attached hydrogens (primary N) is 1. The number of nitrogens with one attached hydrogen (secondary N) is 1. The van der Waals surface area contributed by atoms with Crippen molar-refractivity contribution in [2.75, 3.05) is 6.54 Å². The minimum absolute atomic E-state index is 0. The highest BCUT2D eigenvalue weighted by Gasteiger charge is 2.16. The second-order valence-electron chi connectivity index (χ2n) is 5.77. The first-order valence-electron chi connectivity index (χ1n) is 7.78. The van der Waals surface area contributed by atoms with Gasteiger partial charge >= 0.3 is 0 Å². The van der Waals surface area contributed by atoms with Gasteiger partial charge in [-0.1, -0.05) is 36.8 Å². The summed E-state index contributed by atoms with van der Waals surface area (Å²) < 4.78 is 0. The van der Waals surface area contributed by atoms with Crippen molar-refractivity contribution < 1.29 is 0 Å². The van der Waals surface area contributed by atoms with Gasteiger partial charge in [-0.05, 0) is 25.7 Å². The van der Waals surface area contributed by atoms with Crippen LogP contribution in [0.4, 0.5) is 0 Å². The molecule has 1 saturated carbocycles. The Kier molecular flexibility index (Phi) is 6.83. The number of aliphatic imine (C=N–C) groups is 1. The number of hydrogen-bond acceptors (Lipinski definition) is 3. The van der Waals surface area contributed by atoms with Gasteiger partial charge in [0.1, 0.15) is 5.01 Å². The molecule has 124 valence electrons. The van der Waals surface area contributed by atoms with E-state index in [0.29, 0.717) is 12.5 Å². The molecule has 4 nitrogen and oxygen atoms in total. The molecule has 1 aliphatic rings. The lowest BCUT2D eigenvalue weighted by Crippen LogP contribution is -2.37. The number of nitrogens with zero attached hydrogens (tertiary/aromatic N) is 2. The highest BCUT2D eigenvalue weighted by atomic mass is 127. The second kappa shape index (κ2) is 8.63. The average Bonchev–Trinajstić information content (AvgIpc) is 2.86. The number of aromatic nitrogens is 1. The van der Waals surface area contributed by atoms with Gasteiger partial charge < -0.3 is 11.1 Å². The Morgan fingerprint density at radius 1 is 1.35 bits per heavy atom. The Bertz CT molecular complexity index is 650. The molecule has 0 unspecified atom stereocenters. The van der Waals surface area contributed by atoms with E-state index in [1.165, 1.54) is 24.1 Å². The summed E-state index contributed by atoms with van der Waals surface area (Å²) in [6.07, 6.45) is 3.98. The lowest BCUT2D eigenvalue weighted by atomic mass is 9.85. The van der Waals surface area contributed by atoms with E-state index in [0.717, 1.165) is 28.7 Å². The summed E-state index contributed by atoms with van der Waals surface area (Å²) in [5.74, 6) is 1.32. The van der Waals surface area contributed by atoms with Crippen molar-refractivity contribution in [2.24, 2.45) is 16.6 Å². The lowest BCUT2D eigenvalue weighted by molar-refractivity contribution is 0.315. The molecule has 1 aliphatic carbocycles. The Morgan fingerprint density at radius 3 is 2.74 bits per heavy atom. The Labute approximate surface area is 158 Å². The molecule has 0 atom stereocenters. The molecule has 0 bridgehead atoms. The molecule has 0 radical (unpaired) electrons. The molecular formula is C17H23IN4S. The maximum atomic E-state index is 5.94. The molecule has 3 rings (SSSR count). The highest BCUT2D eigenvalue weighted by Crippen LogP contribution is 2.28. The third-order valence-electron chi connectivity index (χ3n) is 4.10. The van der Waals surface area contributed by atoms with E-state index in [1.807, 2.05) is 25.1 Å². The number of hydrogen-bond donors (Lipinski definition) is 2. The summed E-state index contributed by atoms with van der Waals surface area (Å²) >= 11 is 1.69. The fourth-order valence-electron chi connectivity index (χ4n) is 2.44. The van der Waals surface area contributed by atoms with Gasteiger partial charge in [0.25, 0.3) is 0 Å². The van der Waals surface area contributed by atoms with Gasteiger partial charge in [-0.3, -0.25) is 0 Å². The van der Waals surface area contributed by atoms with Gasteiger partial charge in [-0.2, -0.15) is 0 Å². The molecular weight excluding hydrogens is 419 g/mol. The van der Waals surface area contributed by atoms with Gasteiger partial charge in [0.2, 0.25) is 0 Å². The van der Waals surface area contributed by atoms with Crippen LogP contribution in [0.15, 0.2) is 35.3 Å². The molecule has 0 saturated heterocycles. The van der Waals surface area contributed by atoms with E-state index in [-0.39, 0.29) is 24.0 Å². The average molecular weight is 442 g/mol. The fourth-order valence-corrected chi connectivity index (χ4v) is 3.43. The van der Waals surface area contributed by atoms with Gasteiger partial charge in [0.05, 0.1) is 12.2 Å². The van der Waals surface area contributed by atoms with Crippen LogP contribution in [0.3, 0.4) is 0 Å². The van der Waals surface area contributed by atoms with Crippen molar-refractivity contribution >= 4 is 41.3 Å².